The standard InChI is InChI=1S/C14H8F2N2OS/c15-8-5-6-11-12(7-8)20-14(17-11)18-13(19)9-3-1-2-4-10(9)16/h1-7H,(H,17,18,19). The van der Waals surface area contributed by atoms with Crippen LogP contribution in [0.5, 0.6) is 0 Å². The lowest BCUT2D eigenvalue weighted by molar-refractivity contribution is 0.102. The molecule has 0 aliphatic heterocycles. The lowest BCUT2D eigenvalue weighted by Gasteiger charge is -2.02. The Morgan fingerprint density at radius 2 is 1.95 bits per heavy atom. The predicted octanol–water partition coefficient (Wildman–Crippen LogP) is 3.83. The monoisotopic (exact) mass is 290 g/mol. The van der Waals surface area contributed by atoms with Gasteiger partial charge in [-0.15, -0.1) is 0 Å². The van der Waals surface area contributed by atoms with Gasteiger partial charge in [-0.3, -0.25) is 10.1 Å². The second-order valence-corrected chi connectivity index (χ2v) is 5.10. The zero-order chi connectivity index (χ0) is 14.1. The molecule has 0 fully saturated rings. The first-order valence-electron chi connectivity index (χ1n) is 5.75. The van der Waals surface area contributed by atoms with Crippen LogP contribution in [0, 0.1) is 11.6 Å². The lowest BCUT2D eigenvalue weighted by atomic mass is 10.2. The van der Waals surface area contributed by atoms with Crippen molar-refractivity contribution in [3.63, 3.8) is 0 Å². The number of nitrogens with zero attached hydrogens (tertiary/aromatic N) is 1. The normalized spacial score (nSPS) is 10.7. The molecule has 0 saturated carbocycles. The van der Waals surface area contributed by atoms with Crippen molar-refractivity contribution in [3.05, 3.63) is 59.7 Å². The van der Waals surface area contributed by atoms with Gasteiger partial charge in [-0.2, -0.15) is 0 Å². The summed E-state index contributed by atoms with van der Waals surface area (Å²) >= 11 is 1.13. The highest BCUT2D eigenvalue weighted by molar-refractivity contribution is 7.22. The highest BCUT2D eigenvalue weighted by atomic mass is 32.1. The summed E-state index contributed by atoms with van der Waals surface area (Å²) in [6.07, 6.45) is 0. The molecule has 1 amide bonds. The first kappa shape index (κ1) is 12.7. The number of anilines is 1. The van der Waals surface area contributed by atoms with Crippen molar-refractivity contribution in [3.8, 4) is 0 Å². The number of amides is 1. The average Bonchev–Trinajstić information content (AvgIpc) is 2.80. The quantitative estimate of drug-likeness (QED) is 0.779. The molecular formula is C14H8F2N2OS. The van der Waals surface area contributed by atoms with Crippen molar-refractivity contribution in [1.82, 2.24) is 4.98 Å². The van der Waals surface area contributed by atoms with E-state index in [-0.39, 0.29) is 11.4 Å². The predicted molar refractivity (Wildman–Crippen MR) is 73.9 cm³/mol. The molecule has 0 atom stereocenters. The topological polar surface area (TPSA) is 42.0 Å². The van der Waals surface area contributed by atoms with Gasteiger partial charge < -0.3 is 0 Å². The van der Waals surface area contributed by atoms with Crippen LogP contribution in [0.2, 0.25) is 0 Å². The highest BCUT2D eigenvalue weighted by Gasteiger charge is 2.13. The Bertz CT molecular complexity index is 801. The molecule has 1 aromatic heterocycles. The van der Waals surface area contributed by atoms with Crippen molar-refractivity contribution < 1.29 is 13.6 Å². The smallest absolute Gasteiger partial charge is 0.260 e. The number of carbonyl (C=O) groups excluding carboxylic acids is 1. The van der Waals surface area contributed by atoms with Gasteiger partial charge in [0.05, 0.1) is 15.8 Å². The maximum absolute atomic E-state index is 13.5. The third-order valence-corrected chi connectivity index (χ3v) is 3.62. The minimum absolute atomic E-state index is 0.0575. The highest BCUT2D eigenvalue weighted by Crippen LogP contribution is 2.26. The van der Waals surface area contributed by atoms with Crippen LogP contribution in [0.4, 0.5) is 13.9 Å². The minimum Gasteiger partial charge on any atom is -0.298 e. The fourth-order valence-corrected chi connectivity index (χ4v) is 2.65. The number of rotatable bonds is 2. The summed E-state index contributed by atoms with van der Waals surface area (Å²) in [4.78, 5) is 16.1. The van der Waals surface area contributed by atoms with Gasteiger partial charge in [-0.1, -0.05) is 23.5 Å². The van der Waals surface area contributed by atoms with Gasteiger partial charge in [0.15, 0.2) is 5.13 Å². The number of benzene rings is 2. The van der Waals surface area contributed by atoms with Crippen LogP contribution < -0.4 is 5.32 Å². The van der Waals surface area contributed by atoms with Crippen LogP contribution in [-0.4, -0.2) is 10.9 Å². The Morgan fingerprint density at radius 3 is 2.75 bits per heavy atom. The maximum atomic E-state index is 13.5. The summed E-state index contributed by atoms with van der Waals surface area (Å²) in [5, 5.41) is 2.82. The van der Waals surface area contributed by atoms with E-state index in [2.05, 4.69) is 10.3 Å². The van der Waals surface area contributed by atoms with Gasteiger partial charge in [0.25, 0.3) is 5.91 Å². The van der Waals surface area contributed by atoms with E-state index < -0.39 is 11.7 Å². The molecule has 6 heteroatoms. The van der Waals surface area contributed by atoms with Gasteiger partial charge >= 0.3 is 0 Å². The summed E-state index contributed by atoms with van der Waals surface area (Å²) in [5.41, 5.74) is 0.526. The first-order valence-corrected chi connectivity index (χ1v) is 6.57. The zero-order valence-electron chi connectivity index (χ0n) is 10.1. The molecule has 0 radical (unpaired) electrons. The Morgan fingerprint density at radius 1 is 1.15 bits per heavy atom. The van der Waals surface area contributed by atoms with Crippen molar-refractivity contribution in [2.75, 3.05) is 5.32 Å². The third kappa shape index (κ3) is 2.37. The largest absolute Gasteiger partial charge is 0.298 e. The molecule has 20 heavy (non-hydrogen) atoms. The number of carbonyl (C=O) groups is 1. The molecule has 0 unspecified atom stereocenters. The lowest BCUT2D eigenvalue weighted by Crippen LogP contribution is -2.13. The van der Waals surface area contributed by atoms with Crippen LogP contribution in [0.15, 0.2) is 42.5 Å². The molecule has 3 rings (SSSR count). The van der Waals surface area contributed by atoms with Gasteiger partial charge in [-0.25, -0.2) is 13.8 Å². The van der Waals surface area contributed by atoms with Gasteiger partial charge in [0.2, 0.25) is 0 Å². The molecular weight excluding hydrogens is 282 g/mol. The van der Waals surface area contributed by atoms with Crippen LogP contribution in [0.3, 0.4) is 0 Å². The van der Waals surface area contributed by atoms with Crippen molar-refractivity contribution >= 4 is 32.6 Å². The van der Waals surface area contributed by atoms with Crippen LogP contribution in [0.25, 0.3) is 10.2 Å². The van der Waals surface area contributed by atoms with Crippen LogP contribution in [-0.2, 0) is 0 Å². The minimum atomic E-state index is -0.600. The maximum Gasteiger partial charge on any atom is 0.260 e. The van der Waals surface area contributed by atoms with E-state index in [9.17, 15) is 13.6 Å². The molecule has 3 nitrogen and oxygen atoms in total. The van der Waals surface area contributed by atoms with E-state index in [1.54, 1.807) is 6.07 Å². The zero-order valence-corrected chi connectivity index (χ0v) is 10.9. The van der Waals surface area contributed by atoms with E-state index >= 15 is 0 Å². The van der Waals surface area contributed by atoms with Gasteiger partial charge in [-0.05, 0) is 30.3 Å². The number of thiazole rings is 1. The number of aromatic nitrogens is 1. The first-order chi connectivity index (χ1) is 9.63. The van der Waals surface area contributed by atoms with Crippen molar-refractivity contribution in [2.45, 2.75) is 0 Å². The summed E-state index contributed by atoms with van der Waals surface area (Å²) < 4.78 is 27.2. The Kier molecular flexibility index (Phi) is 3.15. The van der Waals surface area contributed by atoms with E-state index in [0.717, 1.165) is 11.3 Å². The molecule has 0 bridgehead atoms. The third-order valence-electron chi connectivity index (χ3n) is 2.69. The second-order valence-electron chi connectivity index (χ2n) is 4.07. The summed E-state index contributed by atoms with van der Waals surface area (Å²) in [6, 6.07) is 9.84. The van der Waals surface area contributed by atoms with Crippen molar-refractivity contribution in [1.29, 1.82) is 0 Å². The molecule has 100 valence electrons. The fourth-order valence-electron chi connectivity index (χ4n) is 1.76. The second kappa shape index (κ2) is 4.97. The van der Waals surface area contributed by atoms with Crippen LogP contribution in [0.1, 0.15) is 10.4 Å². The Labute approximate surface area is 116 Å². The number of hydrogen-bond acceptors (Lipinski definition) is 3. The number of hydrogen-bond donors (Lipinski definition) is 1. The summed E-state index contributed by atoms with van der Waals surface area (Å²) in [7, 11) is 0. The molecule has 0 saturated heterocycles. The summed E-state index contributed by atoms with van der Waals surface area (Å²) in [5.74, 6) is -1.55. The van der Waals surface area contributed by atoms with Gasteiger partial charge in [0.1, 0.15) is 11.6 Å². The van der Waals surface area contributed by atoms with E-state index in [0.29, 0.717) is 15.3 Å². The molecule has 0 aliphatic carbocycles. The Balaban J connectivity index is 1.89. The molecule has 3 aromatic rings. The van der Waals surface area contributed by atoms with E-state index in [4.69, 9.17) is 0 Å². The van der Waals surface area contributed by atoms with Crippen molar-refractivity contribution in [2.24, 2.45) is 0 Å². The van der Waals surface area contributed by atoms with Gasteiger partial charge in [0, 0.05) is 0 Å². The summed E-state index contributed by atoms with van der Waals surface area (Å²) in [6.45, 7) is 0. The number of nitrogens with one attached hydrogen (secondary N) is 1. The molecule has 1 N–H and O–H groups in total. The number of halogens is 2. The SMILES string of the molecule is O=C(Nc1nc2ccc(F)cc2s1)c1ccccc1F. The molecule has 0 aliphatic rings. The molecule has 2 aromatic carbocycles. The van der Waals surface area contributed by atoms with E-state index in [1.807, 2.05) is 0 Å². The Hall–Kier alpha value is -2.34. The number of fused-ring (bicyclic) bond motifs is 1. The average molecular weight is 290 g/mol. The molecule has 0 spiro atoms. The fraction of sp³-hybridized carbons (Fsp3) is 0. The van der Waals surface area contributed by atoms with E-state index in [1.165, 1.54) is 36.4 Å². The van der Waals surface area contributed by atoms with Crippen LogP contribution >= 0.6 is 11.3 Å². The molecule has 1 heterocycles.